The molecular weight excluding hydrogens is 334 g/mol. The summed E-state index contributed by atoms with van der Waals surface area (Å²) in [6, 6.07) is 5.40. The van der Waals surface area contributed by atoms with Gasteiger partial charge < -0.3 is 5.32 Å². The first-order valence-corrected chi connectivity index (χ1v) is 7.17. The van der Waals surface area contributed by atoms with Crippen LogP contribution >= 0.6 is 36.4 Å². The molecule has 0 unspecified atom stereocenters. The van der Waals surface area contributed by atoms with Crippen molar-refractivity contribution in [3.05, 3.63) is 34.6 Å². The number of benzene rings is 1. The predicted molar refractivity (Wildman–Crippen MR) is 92.5 cm³/mol. The molecule has 21 heavy (non-hydrogen) atoms. The first-order valence-electron chi connectivity index (χ1n) is 6.79. The van der Waals surface area contributed by atoms with Gasteiger partial charge >= 0.3 is 0 Å². The van der Waals surface area contributed by atoms with Crippen molar-refractivity contribution in [2.45, 2.75) is 26.8 Å². The van der Waals surface area contributed by atoms with Crippen LogP contribution in [0.1, 0.15) is 32.4 Å². The molecule has 1 saturated heterocycles. The maximum Gasteiger partial charge on any atom is 0.142 e. The van der Waals surface area contributed by atoms with Crippen LogP contribution in [0.2, 0.25) is 5.02 Å². The van der Waals surface area contributed by atoms with E-state index in [0.717, 1.165) is 31.7 Å². The van der Waals surface area contributed by atoms with Gasteiger partial charge in [0.1, 0.15) is 5.82 Å². The third-order valence-corrected chi connectivity index (χ3v) is 3.90. The van der Waals surface area contributed by atoms with Crippen molar-refractivity contribution >= 4 is 36.4 Å². The highest BCUT2D eigenvalue weighted by atomic mass is 35.5. The van der Waals surface area contributed by atoms with Crippen molar-refractivity contribution in [1.29, 1.82) is 0 Å². The van der Waals surface area contributed by atoms with Crippen molar-refractivity contribution < 1.29 is 4.39 Å². The lowest BCUT2D eigenvalue weighted by atomic mass is 9.81. The summed E-state index contributed by atoms with van der Waals surface area (Å²) in [4.78, 5) is 2.43. The van der Waals surface area contributed by atoms with Crippen molar-refractivity contribution in [2.24, 2.45) is 5.41 Å². The quantitative estimate of drug-likeness (QED) is 0.848. The highest BCUT2D eigenvalue weighted by Crippen LogP contribution is 2.38. The third kappa shape index (κ3) is 5.26. The summed E-state index contributed by atoms with van der Waals surface area (Å²) < 4.78 is 13.7. The zero-order valence-electron chi connectivity index (χ0n) is 12.7. The lowest BCUT2D eigenvalue weighted by Crippen LogP contribution is -2.48. The minimum atomic E-state index is -0.330. The van der Waals surface area contributed by atoms with Crippen LogP contribution in [-0.2, 0) is 0 Å². The van der Waals surface area contributed by atoms with Crippen LogP contribution in [-0.4, -0.2) is 31.1 Å². The van der Waals surface area contributed by atoms with Gasteiger partial charge in [-0.1, -0.05) is 38.4 Å². The van der Waals surface area contributed by atoms with Crippen LogP contribution in [0.4, 0.5) is 4.39 Å². The second-order valence-electron chi connectivity index (χ2n) is 6.23. The molecule has 2 rings (SSSR count). The van der Waals surface area contributed by atoms with Crippen molar-refractivity contribution in [2.75, 3.05) is 26.2 Å². The maximum atomic E-state index is 13.7. The van der Waals surface area contributed by atoms with Crippen LogP contribution in [0.5, 0.6) is 0 Å². The molecule has 1 aromatic carbocycles. The molecule has 1 atom stereocenters. The predicted octanol–water partition coefficient (Wildman–Crippen LogP) is 4.32. The van der Waals surface area contributed by atoms with E-state index in [1.54, 1.807) is 12.1 Å². The van der Waals surface area contributed by atoms with E-state index in [2.05, 4.69) is 31.0 Å². The maximum absolute atomic E-state index is 13.7. The Morgan fingerprint density at radius 2 is 1.76 bits per heavy atom. The monoisotopic (exact) mass is 356 g/mol. The summed E-state index contributed by atoms with van der Waals surface area (Å²) in [7, 11) is 0. The molecule has 1 fully saturated rings. The lowest BCUT2D eigenvalue weighted by Gasteiger charge is -2.42. The van der Waals surface area contributed by atoms with Crippen LogP contribution in [0.15, 0.2) is 18.2 Å². The molecule has 1 heterocycles. The fraction of sp³-hybridized carbons (Fsp3) is 0.600. The number of piperazine rings is 1. The van der Waals surface area contributed by atoms with Gasteiger partial charge in [0, 0.05) is 32.2 Å². The molecule has 1 aliphatic heterocycles. The van der Waals surface area contributed by atoms with Crippen LogP contribution in [0.25, 0.3) is 0 Å². The molecule has 0 aliphatic carbocycles. The number of rotatable bonds is 2. The van der Waals surface area contributed by atoms with Gasteiger partial charge in [0.25, 0.3) is 0 Å². The SMILES string of the molecule is CC(C)(C)[C@@H](c1ccc(Cl)c(F)c1)N1CCNCC1.Cl.Cl. The highest BCUT2D eigenvalue weighted by Gasteiger charge is 2.32. The molecule has 0 bridgehead atoms. The van der Waals surface area contributed by atoms with Gasteiger partial charge in [-0.3, -0.25) is 4.90 Å². The minimum absolute atomic E-state index is 0. The normalized spacial score (nSPS) is 17.6. The fourth-order valence-corrected chi connectivity index (χ4v) is 3.00. The molecule has 0 amide bonds. The van der Waals surface area contributed by atoms with Gasteiger partial charge in [0.15, 0.2) is 0 Å². The fourth-order valence-electron chi connectivity index (χ4n) is 2.88. The summed E-state index contributed by atoms with van der Waals surface area (Å²) in [5, 5.41) is 3.55. The topological polar surface area (TPSA) is 15.3 Å². The van der Waals surface area contributed by atoms with E-state index >= 15 is 0 Å². The molecule has 1 aliphatic rings. The Labute approximate surface area is 144 Å². The molecule has 0 radical (unpaired) electrons. The summed E-state index contributed by atoms with van der Waals surface area (Å²) >= 11 is 5.79. The van der Waals surface area contributed by atoms with Crippen LogP contribution in [0.3, 0.4) is 0 Å². The second kappa shape index (κ2) is 8.54. The minimum Gasteiger partial charge on any atom is -0.314 e. The number of halogens is 4. The van der Waals surface area contributed by atoms with Crippen LogP contribution < -0.4 is 5.32 Å². The average Bonchev–Trinajstić information content (AvgIpc) is 2.34. The molecule has 1 aromatic rings. The standard InChI is InChI=1S/C15H22ClFN2.2ClH/c1-15(2,3)14(19-8-6-18-7-9-19)11-4-5-12(16)13(17)10-11;;/h4-5,10,14,18H,6-9H2,1-3H3;2*1H/t14-;;/m1../s1. The lowest BCUT2D eigenvalue weighted by molar-refractivity contribution is 0.0860. The number of hydrogen-bond acceptors (Lipinski definition) is 2. The van der Waals surface area contributed by atoms with E-state index in [1.165, 1.54) is 0 Å². The summed E-state index contributed by atoms with van der Waals surface area (Å²) in [6.07, 6.45) is 0. The van der Waals surface area contributed by atoms with E-state index in [9.17, 15) is 4.39 Å². The molecule has 0 spiro atoms. The smallest absolute Gasteiger partial charge is 0.142 e. The average molecular weight is 358 g/mol. The van der Waals surface area contributed by atoms with Gasteiger partial charge in [-0.25, -0.2) is 4.39 Å². The molecule has 6 heteroatoms. The summed E-state index contributed by atoms with van der Waals surface area (Å²) in [5.74, 6) is -0.330. The Hall–Kier alpha value is -0.0600. The molecule has 1 N–H and O–H groups in total. The van der Waals surface area contributed by atoms with Gasteiger partial charge in [-0.15, -0.1) is 24.8 Å². The Balaban J connectivity index is 0.00000200. The highest BCUT2D eigenvalue weighted by molar-refractivity contribution is 6.30. The molecule has 0 saturated carbocycles. The first-order chi connectivity index (χ1) is 8.89. The zero-order chi connectivity index (χ0) is 14.0. The molecule has 2 nitrogen and oxygen atoms in total. The largest absolute Gasteiger partial charge is 0.314 e. The first kappa shape index (κ1) is 20.9. The van der Waals surface area contributed by atoms with Gasteiger partial charge in [-0.2, -0.15) is 0 Å². The van der Waals surface area contributed by atoms with Gasteiger partial charge in [-0.05, 0) is 23.1 Å². The zero-order valence-corrected chi connectivity index (χ0v) is 15.0. The number of nitrogens with one attached hydrogen (secondary N) is 1. The molecule has 0 aromatic heterocycles. The van der Waals surface area contributed by atoms with Crippen molar-refractivity contribution in [3.63, 3.8) is 0 Å². The Kier molecular flexibility index (Phi) is 8.52. The van der Waals surface area contributed by atoms with E-state index in [1.807, 2.05) is 6.07 Å². The van der Waals surface area contributed by atoms with Gasteiger partial charge in [0.2, 0.25) is 0 Å². The Morgan fingerprint density at radius 1 is 1.19 bits per heavy atom. The molecular formula is C15H24Cl3FN2. The van der Waals surface area contributed by atoms with Crippen LogP contribution in [0, 0.1) is 11.2 Å². The number of hydrogen-bond donors (Lipinski definition) is 1. The summed E-state index contributed by atoms with van der Waals surface area (Å²) in [5.41, 5.74) is 1.06. The van der Waals surface area contributed by atoms with Crippen molar-refractivity contribution in [3.8, 4) is 0 Å². The van der Waals surface area contributed by atoms with E-state index in [-0.39, 0.29) is 47.1 Å². The van der Waals surface area contributed by atoms with Gasteiger partial charge in [0.05, 0.1) is 5.02 Å². The van der Waals surface area contributed by atoms with E-state index in [4.69, 9.17) is 11.6 Å². The molecule has 122 valence electrons. The second-order valence-corrected chi connectivity index (χ2v) is 6.64. The van der Waals surface area contributed by atoms with E-state index in [0.29, 0.717) is 0 Å². The summed E-state index contributed by atoms with van der Waals surface area (Å²) in [6.45, 7) is 10.6. The Morgan fingerprint density at radius 3 is 2.24 bits per heavy atom. The van der Waals surface area contributed by atoms with E-state index < -0.39 is 0 Å². The number of nitrogens with zero attached hydrogens (tertiary/aromatic N) is 1. The third-order valence-electron chi connectivity index (χ3n) is 3.60. The Bertz CT molecular complexity index is 443. The van der Waals surface area contributed by atoms with Crippen molar-refractivity contribution in [1.82, 2.24) is 10.2 Å².